The van der Waals surface area contributed by atoms with Crippen LogP contribution < -0.4 is 0 Å². The van der Waals surface area contributed by atoms with Crippen LogP contribution in [0.1, 0.15) is 6.92 Å². The van der Waals surface area contributed by atoms with E-state index in [1.807, 2.05) is 0 Å². The maximum Gasteiger partial charge on any atom is 0.138 e. The van der Waals surface area contributed by atoms with Gasteiger partial charge in [0.1, 0.15) is 7.85 Å². The Morgan fingerprint density at radius 2 is 1.80 bits per heavy atom. The molecular formula is C12H21BN2. The molecule has 0 saturated carbocycles. The summed E-state index contributed by atoms with van der Waals surface area (Å²) in [6, 6.07) is 0. The summed E-state index contributed by atoms with van der Waals surface area (Å²) < 4.78 is 0. The van der Waals surface area contributed by atoms with Crippen molar-refractivity contribution in [2.45, 2.75) is 6.92 Å². The summed E-state index contributed by atoms with van der Waals surface area (Å²) in [5.74, 6) is 0. The predicted molar refractivity (Wildman–Crippen MR) is 69.7 cm³/mol. The summed E-state index contributed by atoms with van der Waals surface area (Å²) in [5, 5.41) is 0. The maximum atomic E-state index is 4.10. The molecule has 0 aromatic heterocycles. The zero-order chi connectivity index (χ0) is 11.3. The van der Waals surface area contributed by atoms with Crippen LogP contribution in [0.25, 0.3) is 0 Å². The summed E-state index contributed by atoms with van der Waals surface area (Å²) in [6.07, 6.45) is 6.34. The van der Waals surface area contributed by atoms with Crippen molar-refractivity contribution in [3.05, 3.63) is 36.0 Å². The van der Waals surface area contributed by atoms with Crippen LogP contribution in [-0.4, -0.2) is 50.9 Å². The van der Waals surface area contributed by atoms with Crippen LogP contribution in [0.4, 0.5) is 0 Å². The zero-order valence-corrected chi connectivity index (χ0v) is 10.2. The van der Waals surface area contributed by atoms with Gasteiger partial charge in [-0.05, 0) is 20.0 Å². The maximum absolute atomic E-state index is 4.10. The Hall–Kier alpha value is -0.955. The number of allylic oxidation sites excluding steroid dienone is 4. The molecule has 0 aromatic rings. The highest BCUT2D eigenvalue weighted by molar-refractivity contribution is 6.23. The second kappa shape index (κ2) is 5.81. The molecule has 3 heteroatoms. The lowest BCUT2D eigenvalue weighted by atomic mass is 9.95. The third kappa shape index (κ3) is 3.96. The third-order valence-electron chi connectivity index (χ3n) is 2.90. The summed E-state index contributed by atoms with van der Waals surface area (Å²) in [7, 11) is 4.27. The fourth-order valence-corrected chi connectivity index (χ4v) is 1.52. The minimum atomic E-state index is 1.09. The SMILES string of the molecule is BC(/C=C\C(=C)N1CCN(C)CC1)=C/C. The highest BCUT2D eigenvalue weighted by Gasteiger charge is 2.12. The smallest absolute Gasteiger partial charge is 0.138 e. The molecule has 2 nitrogen and oxygen atoms in total. The molecule has 1 aliphatic heterocycles. The Morgan fingerprint density at radius 3 is 2.33 bits per heavy atom. The van der Waals surface area contributed by atoms with Crippen molar-refractivity contribution in [1.29, 1.82) is 0 Å². The number of piperazine rings is 1. The van der Waals surface area contributed by atoms with E-state index in [-0.39, 0.29) is 0 Å². The van der Waals surface area contributed by atoms with Gasteiger partial charge in [0.05, 0.1) is 0 Å². The highest BCUT2D eigenvalue weighted by Crippen LogP contribution is 2.08. The third-order valence-corrected chi connectivity index (χ3v) is 2.90. The van der Waals surface area contributed by atoms with E-state index in [1.54, 1.807) is 0 Å². The molecule has 0 N–H and O–H groups in total. The van der Waals surface area contributed by atoms with Gasteiger partial charge in [0, 0.05) is 31.9 Å². The molecule has 1 heterocycles. The molecule has 0 spiro atoms. The molecule has 0 aromatic carbocycles. The van der Waals surface area contributed by atoms with E-state index in [2.05, 4.69) is 56.4 Å². The van der Waals surface area contributed by atoms with Gasteiger partial charge < -0.3 is 9.80 Å². The van der Waals surface area contributed by atoms with E-state index >= 15 is 0 Å². The topological polar surface area (TPSA) is 6.48 Å². The highest BCUT2D eigenvalue weighted by atomic mass is 15.2. The van der Waals surface area contributed by atoms with E-state index in [1.165, 1.54) is 5.47 Å². The lowest BCUT2D eigenvalue weighted by molar-refractivity contribution is 0.190. The van der Waals surface area contributed by atoms with Gasteiger partial charge in [-0.1, -0.05) is 24.2 Å². The fourth-order valence-electron chi connectivity index (χ4n) is 1.52. The van der Waals surface area contributed by atoms with Gasteiger partial charge in [-0.3, -0.25) is 0 Å². The lowest BCUT2D eigenvalue weighted by Crippen LogP contribution is -2.43. The van der Waals surface area contributed by atoms with Crippen LogP contribution in [0.5, 0.6) is 0 Å². The quantitative estimate of drug-likeness (QED) is 0.496. The molecule has 1 fully saturated rings. The summed E-state index contributed by atoms with van der Waals surface area (Å²) in [6.45, 7) is 10.6. The Bertz CT molecular complexity index is 273. The molecule has 1 saturated heterocycles. The van der Waals surface area contributed by atoms with E-state index in [0.717, 1.165) is 31.9 Å². The van der Waals surface area contributed by atoms with Crippen molar-refractivity contribution in [2.24, 2.45) is 0 Å². The Balaban J connectivity index is 2.44. The average molecular weight is 204 g/mol. The average Bonchev–Trinajstić information content (AvgIpc) is 2.26. The second-order valence-electron chi connectivity index (χ2n) is 4.15. The van der Waals surface area contributed by atoms with Crippen molar-refractivity contribution in [3.63, 3.8) is 0 Å². The van der Waals surface area contributed by atoms with Crippen LogP contribution in [0, 0.1) is 0 Å². The molecule has 0 radical (unpaired) electrons. The van der Waals surface area contributed by atoms with Crippen molar-refractivity contribution in [2.75, 3.05) is 33.2 Å². The summed E-state index contributed by atoms with van der Waals surface area (Å²) in [5.41, 5.74) is 2.41. The number of hydrogen-bond donors (Lipinski definition) is 0. The normalized spacial score (nSPS) is 19.9. The molecule has 0 aliphatic carbocycles. The standard InChI is InChI=1S/C12H21BN2/c1-4-12(13)6-5-11(2)15-9-7-14(3)8-10-15/h4-6H,2,7-10,13H2,1,3H3/b6-5-,12-4+. The van der Waals surface area contributed by atoms with Gasteiger partial charge in [0.2, 0.25) is 0 Å². The van der Waals surface area contributed by atoms with Gasteiger partial charge in [-0.2, -0.15) is 0 Å². The molecule has 1 aliphatic rings. The molecular weight excluding hydrogens is 183 g/mol. The monoisotopic (exact) mass is 204 g/mol. The van der Waals surface area contributed by atoms with Gasteiger partial charge in [0.15, 0.2) is 0 Å². The number of rotatable bonds is 3. The molecule has 1 rings (SSSR count). The number of nitrogens with zero attached hydrogens (tertiary/aromatic N) is 2. The van der Waals surface area contributed by atoms with Crippen LogP contribution in [0.15, 0.2) is 36.0 Å². The fraction of sp³-hybridized carbons (Fsp3) is 0.500. The van der Waals surface area contributed by atoms with Gasteiger partial charge in [0.25, 0.3) is 0 Å². The first-order valence-corrected chi connectivity index (χ1v) is 5.57. The van der Waals surface area contributed by atoms with Crippen LogP contribution in [0.2, 0.25) is 0 Å². The minimum absolute atomic E-state index is 1.09. The molecule has 15 heavy (non-hydrogen) atoms. The van der Waals surface area contributed by atoms with Crippen LogP contribution in [-0.2, 0) is 0 Å². The summed E-state index contributed by atoms with van der Waals surface area (Å²) >= 11 is 0. The Morgan fingerprint density at radius 1 is 1.20 bits per heavy atom. The first-order chi connectivity index (χ1) is 7.13. The van der Waals surface area contributed by atoms with Gasteiger partial charge >= 0.3 is 0 Å². The van der Waals surface area contributed by atoms with Crippen LogP contribution in [0.3, 0.4) is 0 Å². The first kappa shape index (κ1) is 12.1. The van der Waals surface area contributed by atoms with E-state index < -0.39 is 0 Å². The number of likely N-dealkylation sites (N-methyl/N-ethyl adjacent to an activating group) is 1. The van der Waals surface area contributed by atoms with Crippen LogP contribution >= 0.6 is 0 Å². The van der Waals surface area contributed by atoms with Crippen molar-refractivity contribution < 1.29 is 0 Å². The largest absolute Gasteiger partial charge is 0.369 e. The lowest BCUT2D eigenvalue weighted by Gasteiger charge is -2.34. The zero-order valence-electron chi connectivity index (χ0n) is 10.2. The predicted octanol–water partition coefficient (Wildman–Crippen LogP) is 0.841. The molecule has 82 valence electrons. The minimum Gasteiger partial charge on any atom is -0.369 e. The van der Waals surface area contributed by atoms with Crippen molar-refractivity contribution in [1.82, 2.24) is 9.80 Å². The van der Waals surface area contributed by atoms with E-state index in [4.69, 9.17) is 0 Å². The Labute approximate surface area is 94.4 Å². The van der Waals surface area contributed by atoms with Gasteiger partial charge in [-0.25, -0.2) is 0 Å². The first-order valence-electron chi connectivity index (χ1n) is 5.57. The van der Waals surface area contributed by atoms with Crippen molar-refractivity contribution in [3.8, 4) is 0 Å². The van der Waals surface area contributed by atoms with Crippen molar-refractivity contribution >= 4 is 7.85 Å². The molecule has 0 unspecified atom stereocenters. The molecule has 0 bridgehead atoms. The van der Waals surface area contributed by atoms with E-state index in [9.17, 15) is 0 Å². The number of hydrogen-bond acceptors (Lipinski definition) is 2. The molecule has 0 atom stereocenters. The second-order valence-corrected chi connectivity index (χ2v) is 4.15. The Kier molecular flexibility index (Phi) is 4.69. The van der Waals surface area contributed by atoms with Gasteiger partial charge in [-0.15, -0.1) is 0 Å². The molecule has 0 amide bonds. The summed E-state index contributed by atoms with van der Waals surface area (Å²) in [4.78, 5) is 4.70. The van der Waals surface area contributed by atoms with E-state index in [0.29, 0.717) is 0 Å².